The van der Waals surface area contributed by atoms with Crippen LogP contribution in [0.15, 0.2) is 48.5 Å². The van der Waals surface area contributed by atoms with Gasteiger partial charge in [-0.2, -0.15) is 0 Å². The summed E-state index contributed by atoms with van der Waals surface area (Å²) in [5.74, 6) is 0.661. The molecule has 0 fully saturated rings. The minimum atomic E-state index is -0.164. The van der Waals surface area contributed by atoms with E-state index in [9.17, 15) is 9.59 Å². The first-order chi connectivity index (χ1) is 11.2. The highest BCUT2D eigenvalue weighted by atomic mass is 16.5. The van der Waals surface area contributed by atoms with Gasteiger partial charge in [0, 0.05) is 18.5 Å². The first-order valence-corrected chi connectivity index (χ1v) is 7.82. The maximum Gasteiger partial charge on any atom is 0.258 e. The molecule has 4 nitrogen and oxygen atoms in total. The van der Waals surface area contributed by atoms with Crippen molar-refractivity contribution in [3.8, 4) is 5.75 Å². The van der Waals surface area contributed by atoms with Crippen LogP contribution in [0.5, 0.6) is 5.75 Å². The van der Waals surface area contributed by atoms with Gasteiger partial charge in [-0.3, -0.25) is 9.59 Å². The number of hydrogen-bond donors (Lipinski definition) is 1. The van der Waals surface area contributed by atoms with E-state index in [-0.39, 0.29) is 18.3 Å². The second-order valence-corrected chi connectivity index (χ2v) is 5.65. The van der Waals surface area contributed by atoms with E-state index >= 15 is 0 Å². The number of carbonyl (C=O) groups excluding carboxylic acids is 2. The van der Waals surface area contributed by atoms with Crippen LogP contribution in [0.1, 0.15) is 34.3 Å². The van der Waals surface area contributed by atoms with E-state index < -0.39 is 0 Å². The SMILES string of the molecule is O=C(COc1ccc2c(c1)CCCC2=O)NCc1ccccc1. The number of benzene rings is 2. The number of ether oxygens (including phenoxy) is 1. The zero-order chi connectivity index (χ0) is 16.1. The summed E-state index contributed by atoms with van der Waals surface area (Å²) in [5, 5.41) is 2.82. The molecule has 0 saturated carbocycles. The van der Waals surface area contributed by atoms with Gasteiger partial charge in [0.15, 0.2) is 12.4 Å². The number of fused-ring (bicyclic) bond motifs is 1. The number of Topliss-reactive ketones (excluding diaryl/α,β-unsaturated/α-hetero) is 1. The van der Waals surface area contributed by atoms with Crippen molar-refractivity contribution in [3.05, 3.63) is 65.2 Å². The minimum Gasteiger partial charge on any atom is -0.484 e. The zero-order valence-corrected chi connectivity index (χ0v) is 12.9. The molecule has 0 heterocycles. The summed E-state index contributed by atoms with van der Waals surface area (Å²) in [4.78, 5) is 23.6. The topological polar surface area (TPSA) is 55.4 Å². The molecule has 0 unspecified atom stereocenters. The Hall–Kier alpha value is -2.62. The molecule has 1 aliphatic carbocycles. The molecule has 0 atom stereocenters. The molecular formula is C19H19NO3. The van der Waals surface area contributed by atoms with Crippen molar-refractivity contribution in [2.75, 3.05) is 6.61 Å². The molecule has 3 rings (SSSR count). The summed E-state index contributed by atoms with van der Waals surface area (Å²) in [5.41, 5.74) is 2.86. The fraction of sp³-hybridized carbons (Fsp3) is 0.263. The lowest BCUT2D eigenvalue weighted by Crippen LogP contribution is -2.28. The molecule has 0 radical (unpaired) electrons. The van der Waals surface area contributed by atoms with Gasteiger partial charge >= 0.3 is 0 Å². The van der Waals surface area contributed by atoms with Crippen molar-refractivity contribution >= 4 is 11.7 Å². The molecule has 0 spiro atoms. The smallest absolute Gasteiger partial charge is 0.258 e. The molecule has 1 amide bonds. The highest BCUT2D eigenvalue weighted by Crippen LogP contribution is 2.25. The van der Waals surface area contributed by atoms with Gasteiger partial charge in [0.25, 0.3) is 5.91 Å². The standard InChI is InChI=1S/C19H19NO3/c21-18-8-4-7-15-11-16(9-10-17(15)18)23-13-19(22)20-12-14-5-2-1-3-6-14/h1-3,5-6,9-11H,4,7-8,12-13H2,(H,20,22). The molecule has 0 bridgehead atoms. The Morgan fingerprint density at radius 3 is 2.74 bits per heavy atom. The quantitative estimate of drug-likeness (QED) is 0.924. The van der Waals surface area contributed by atoms with Gasteiger partial charge in [-0.15, -0.1) is 0 Å². The lowest BCUT2D eigenvalue weighted by molar-refractivity contribution is -0.123. The fourth-order valence-corrected chi connectivity index (χ4v) is 2.71. The van der Waals surface area contributed by atoms with Crippen molar-refractivity contribution in [2.24, 2.45) is 0 Å². The number of hydrogen-bond acceptors (Lipinski definition) is 3. The van der Waals surface area contributed by atoms with Crippen LogP contribution in [-0.2, 0) is 17.8 Å². The van der Waals surface area contributed by atoms with E-state index in [0.717, 1.165) is 29.5 Å². The number of nitrogens with one attached hydrogen (secondary N) is 1. The van der Waals surface area contributed by atoms with E-state index in [2.05, 4.69) is 5.32 Å². The molecule has 2 aromatic rings. The predicted molar refractivity (Wildman–Crippen MR) is 87.5 cm³/mol. The Labute approximate surface area is 135 Å². The minimum absolute atomic E-state index is 0.0282. The normalized spacial score (nSPS) is 13.3. The van der Waals surface area contributed by atoms with Gasteiger partial charge in [-0.1, -0.05) is 30.3 Å². The van der Waals surface area contributed by atoms with E-state index in [4.69, 9.17) is 4.74 Å². The van der Waals surface area contributed by atoms with Crippen molar-refractivity contribution in [2.45, 2.75) is 25.8 Å². The first-order valence-electron chi connectivity index (χ1n) is 7.82. The van der Waals surface area contributed by atoms with Crippen molar-refractivity contribution in [1.82, 2.24) is 5.32 Å². The Bertz CT molecular complexity index is 710. The van der Waals surface area contributed by atoms with Gasteiger partial charge in [0.1, 0.15) is 5.75 Å². The molecule has 0 saturated heterocycles. The highest BCUT2D eigenvalue weighted by molar-refractivity contribution is 5.98. The molecule has 2 aromatic carbocycles. The maximum absolute atomic E-state index is 11.8. The Kier molecular flexibility index (Phi) is 4.71. The number of aryl methyl sites for hydroxylation is 1. The monoisotopic (exact) mass is 309 g/mol. The van der Waals surface area contributed by atoms with E-state index in [1.807, 2.05) is 36.4 Å². The molecule has 0 aromatic heterocycles. The summed E-state index contributed by atoms with van der Waals surface area (Å²) in [6, 6.07) is 15.2. The van der Waals surface area contributed by atoms with Crippen LogP contribution in [0.3, 0.4) is 0 Å². The van der Waals surface area contributed by atoms with Gasteiger partial charge in [-0.05, 0) is 42.2 Å². The fourth-order valence-electron chi connectivity index (χ4n) is 2.71. The van der Waals surface area contributed by atoms with E-state index in [1.54, 1.807) is 12.1 Å². The third kappa shape index (κ3) is 3.97. The maximum atomic E-state index is 11.8. The first kappa shape index (κ1) is 15.3. The second-order valence-electron chi connectivity index (χ2n) is 5.65. The van der Waals surface area contributed by atoms with Crippen molar-refractivity contribution in [3.63, 3.8) is 0 Å². The highest BCUT2D eigenvalue weighted by Gasteiger charge is 2.17. The molecule has 0 aliphatic heterocycles. The molecular weight excluding hydrogens is 290 g/mol. The van der Waals surface area contributed by atoms with Crippen LogP contribution in [0.2, 0.25) is 0 Å². The lowest BCUT2D eigenvalue weighted by Gasteiger charge is -2.16. The van der Waals surface area contributed by atoms with Gasteiger partial charge in [0.05, 0.1) is 0 Å². The van der Waals surface area contributed by atoms with E-state index in [1.165, 1.54) is 0 Å². The summed E-state index contributed by atoms with van der Waals surface area (Å²) in [7, 11) is 0. The lowest BCUT2D eigenvalue weighted by atomic mass is 9.91. The Morgan fingerprint density at radius 2 is 1.91 bits per heavy atom. The van der Waals surface area contributed by atoms with Crippen LogP contribution >= 0.6 is 0 Å². The number of rotatable bonds is 5. The van der Waals surface area contributed by atoms with Crippen LogP contribution < -0.4 is 10.1 Å². The number of carbonyl (C=O) groups is 2. The third-order valence-electron chi connectivity index (χ3n) is 3.93. The molecule has 4 heteroatoms. The number of amides is 1. The average molecular weight is 309 g/mol. The van der Waals surface area contributed by atoms with Crippen LogP contribution in [0.25, 0.3) is 0 Å². The van der Waals surface area contributed by atoms with E-state index in [0.29, 0.717) is 18.7 Å². The molecule has 1 aliphatic rings. The predicted octanol–water partition coefficient (Wildman–Crippen LogP) is 2.90. The summed E-state index contributed by atoms with van der Waals surface area (Å²) in [6.45, 7) is 0.460. The van der Waals surface area contributed by atoms with Crippen molar-refractivity contribution < 1.29 is 14.3 Å². The number of ketones is 1. The van der Waals surface area contributed by atoms with Crippen molar-refractivity contribution in [1.29, 1.82) is 0 Å². The van der Waals surface area contributed by atoms with Crippen LogP contribution in [0, 0.1) is 0 Å². The molecule has 23 heavy (non-hydrogen) atoms. The molecule has 1 N–H and O–H groups in total. The Balaban J connectivity index is 1.52. The zero-order valence-electron chi connectivity index (χ0n) is 12.9. The van der Waals surface area contributed by atoms with Gasteiger partial charge < -0.3 is 10.1 Å². The average Bonchev–Trinajstić information content (AvgIpc) is 2.59. The Morgan fingerprint density at radius 1 is 1.09 bits per heavy atom. The second kappa shape index (κ2) is 7.09. The summed E-state index contributed by atoms with van der Waals surface area (Å²) in [6.07, 6.45) is 2.39. The summed E-state index contributed by atoms with van der Waals surface area (Å²) < 4.78 is 5.53. The van der Waals surface area contributed by atoms with Gasteiger partial charge in [0.2, 0.25) is 0 Å². The van der Waals surface area contributed by atoms with Crippen LogP contribution in [-0.4, -0.2) is 18.3 Å². The third-order valence-corrected chi connectivity index (χ3v) is 3.93. The molecule has 118 valence electrons. The van der Waals surface area contributed by atoms with Crippen LogP contribution in [0.4, 0.5) is 0 Å². The van der Waals surface area contributed by atoms with Gasteiger partial charge in [-0.25, -0.2) is 0 Å². The summed E-state index contributed by atoms with van der Waals surface area (Å²) >= 11 is 0. The largest absolute Gasteiger partial charge is 0.484 e.